The van der Waals surface area contributed by atoms with Gasteiger partial charge >= 0.3 is 0 Å². The van der Waals surface area contributed by atoms with Gasteiger partial charge in [-0.05, 0) is 61.1 Å². The van der Waals surface area contributed by atoms with E-state index in [1.165, 1.54) is 12.1 Å². The Bertz CT molecular complexity index is 830. The molecule has 26 heavy (non-hydrogen) atoms. The molecule has 2 aromatic rings. The molecule has 1 saturated heterocycles. The summed E-state index contributed by atoms with van der Waals surface area (Å²) in [4.78, 5) is 26.7. The van der Waals surface area contributed by atoms with Crippen molar-refractivity contribution in [3.8, 4) is 11.1 Å². The molecule has 0 unspecified atom stereocenters. The lowest BCUT2D eigenvalue weighted by Gasteiger charge is -2.24. The largest absolute Gasteiger partial charge is 0.330 e. The maximum absolute atomic E-state index is 13.4. The molecule has 1 saturated carbocycles. The van der Waals surface area contributed by atoms with E-state index < -0.39 is 0 Å². The van der Waals surface area contributed by atoms with Gasteiger partial charge in [0.25, 0.3) is 0 Å². The molecule has 0 aromatic heterocycles. The number of hydrogen-bond acceptors (Lipinski definition) is 2. The standard InChI is InChI=1S/C21H21FN2O2/c22-17-4-1-3-16(13-17)14-8-10-18(11-9-14)23-20(25)19-5-2-12-24(19)21(26)15-6-7-15/h1,3-4,8-11,13,15,19H,2,5-7,12H2,(H,23,25)/t19-/m0/s1. The molecule has 0 bridgehead atoms. The number of nitrogens with zero attached hydrogens (tertiary/aromatic N) is 1. The summed E-state index contributed by atoms with van der Waals surface area (Å²) in [5, 5.41) is 2.91. The Morgan fingerprint density at radius 3 is 2.46 bits per heavy atom. The van der Waals surface area contributed by atoms with Crippen molar-refractivity contribution in [2.24, 2.45) is 5.92 Å². The van der Waals surface area contributed by atoms with Crippen LogP contribution in [-0.4, -0.2) is 29.3 Å². The fraction of sp³-hybridized carbons (Fsp3) is 0.333. The molecular weight excluding hydrogens is 331 g/mol. The highest BCUT2D eigenvalue weighted by atomic mass is 19.1. The van der Waals surface area contributed by atoms with Gasteiger partial charge in [-0.1, -0.05) is 24.3 Å². The Morgan fingerprint density at radius 2 is 1.77 bits per heavy atom. The first kappa shape index (κ1) is 16.8. The molecular formula is C21H21FN2O2. The van der Waals surface area contributed by atoms with Crippen LogP contribution in [0.25, 0.3) is 11.1 Å². The predicted molar refractivity (Wildman–Crippen MR) is 97.9 cm³/mol. The number of hydrogen-bond donors (Lipinski definition) is 1. The highest BCUT2D eigenvalue weighted by molar-refractivity contribution is 5.98. The lowest BCUT2D eigenvalue weighted by atomic mass is 10.1. The van der Waals surface area contributed by atoms with Crippen LogP contribution in [0.15, 0.2) is 48.5 Å². The van der Waals surface area contributed by atoms with Crippen LogP contribution in [-0.2, 0) is 9.59 Å². The molecule has 134 valence electrons. The zero-order chi connectivity index (χ0) is 18.1. The summed E-state index contributed by atoms with van der Waals surface area (Å²) in [5.41, 5.74) is 2.36. The summed E-state index contributed by atoms with van der Waals surface area (Å²) >= 11 is 0. The quantitative estimate of drug-likeness (QED) is 0.909. The van der Waals surface area contributed by atoms with Crippen molar-refractivity contribution in [3.05, 3.63) is 54.3 Å². The first-order valence-electron chi connectivity index (χ1n) is 9.09. The number of amides is 2. The van der Waals surface area contributed by atoms with Crippen molar-refractivity contribution in [1.29, 1.82) is 0 Å². The molecule has 2 aliphatic rings. The van der Waals surface area contributed by atoms with Crippen LogP contribution in [0, 0.1) is 11.7 Å². The molecule has 1 N–H and O–H groups in total. The SMILES string of the molecule is O=C(Nc1ccc(-c2cccc(F)c2)cc1)[C@@H]1CCCN1C(=O)C1CC1. The summed E-state index contributed by atoms with van der Waals surface area (Å²) in [7, 11) is 0. The molecule has 0 spiro atoms. The van der Waals surface area contributed by atoms with E-state index in [2.05, 4.69) is 5.32 Å². The van der Waals surface area contributed by atoms with Crippen LogP contribution in [0.2, 0.25) is 0 Å². The Kier molecular flexibility index (Phi) is 4.45. The van der Waals surface area contributed by atoms with Crippen LogP contribution < -0.4 is 5.32 Å². The predicted octanol–water partition coefficient (Wildman–Crippen LogP) is 3.83. The Morgan fingerprint density at radius 1 is 1.00 bits per heavy atom. The van der Waals surface area contributed by atoms with Gasteiger partial charge in [0.15, 0.2) is 0 Å². The van der Waals surface area contributed by atoms with Gasteiger partial charge in [-0.25, -0.2) is 4.39 Å². The van der Waals surface area contributed by atoms with Crippen molar-refractivity contribution >= 4 is 17.5 Å². The van der Waals surface area contributed by atoms with Crippen LogP contribution in [0.5, 0.6) is 0 Å². The first-order chi connectivity index (χ1) is 12.6. The first-order valence-corrected chi connectivity index (χ1v) is 9.09. The molecule has 1 atom stereocenters. The van der Waals surface area contributed by atoms with E-state index in [0.29, 0.717) is 18.7 Å². The third-order valence-corrected chi connectivity index (χ3v) is 5.08. The Labute approximate surface area is 152 Å². The van der Waals surface area contributed by atoms with Crippen LogP contribution in [0.1, 0.15) is 25.7 Å². The monoisotopic (exact) mass is 352 g/mol. The molecule has 5 heteroatoms. The second kappa shape index (κ2) is 6.90. The van der Waals surface area contributed by atoms with Crippen molar-refractivity contribution < 1.29 is 14.0 Å². The molecule has 1 heterocycles. The summed E-state index contributed by atoms with van der Waals surface area (Å²) in [5.74, 6) is -0.144. The number of halogens is 1. The fourth-order valence-corrected chi connectivity index (χ4v) is 3.51. The second-order valence-corrected chi connectivity index (χ2v) is 7.04. The van der Waals surface area contributed by atoms with Crippen LogP contribution in [0.3, 0.4) is 0 Å². The summed E-state index contributed by atoms with van der Waals surface area (Å²) < 4.78 is 13.4. The normalized spacial score (nSPS) is 19.4. The van der Waals surface area contributed by atoms with Crippen LogP contribution >= 0.6 is 0 Å². The third kappa shape index (κ3) is 3.47. The van der Waals surface area contributed by atoms with Gasteiger partial charge in [0.1, 0.15) is 11.9 Å². The summed E-state index contributed by atoms with van der Waals surface area (Å²) in [6, 6.07) is 13.4. The van der Waals surface area contributed by atoms with Gasteiger partial charge in [-0.15, -0.1) is 0 Å². The Hall–Kier alpha value is -2.69. The maximum atomic E-state index is 13.4. The highest BCUT2D eigenvalue weighted by Crippen LogP contribution is 2.34. The maximum Gasteiger partial charge on any atom is 0.247 e. The summed E-state index contributed by atoms with van der Waals surface area (Å²) in [6.45, 7) is 0.673. The van der Waals surface area contributed by atoms with E-state index >= 15 is 0 Å². The fourth-order valence-electron chi connectivity index (χ4n) is 3.51. The van der Waals surface area contributed by atoms with Crippen molar-refractivity contribution in [2.45, 2.75) is 31.7 Å². The van der Waals surface area contributed by atoms with Gasteiger partial charge in [-0.2, -0.15) is 0 Å². The third-order valence-electron chi connectivity index (χ3n) is 5.08. The number of rotatable bonds is 4. The number of likely N-dealkylation sites (tertiary alicyclic amines) is 1. The van der Waals surface area contributed by atoms with Crippen molar-refractivity contribution in [2.75, 3.05) is 11.9 Å². The lowest BCUT2D eigenvalue weighted by molar-refractivity contribution is -0.137. The van der Waals surface area contributed by atoms with Gasteiger partial charge in [0.2, 0.25) is 11.8 Å². The molecule has 0 radical (unpaired) electrons. The number of carbonyl (C=O) groups is 2. The zero-order valence-electron chi connectivity index (χ0n) is 14.5. The number of nitrogens with one attached hydrogen (secondary N) is 1. The van der Waals surface area contributed by atoms with Gasteiger partial charge < -0.3 is 10.2 Å². The molecule has 2 aromatic carbocycles. The van der Waals surface area contributed by atoms with E-state index in [4.69, 9.17) is 0 Å². The minimum absolute atomic E-state index is 0.129. The van der Waals surface area contributed by atoms with E-state index in [1.807, 2.05) is 18.2 Å². The topological polar surface area (TPSA) is 49.4 Å². The molecule has 4 nitrogen and oxygen atoms in total. The zero-order valence-corrected chi connectivity index (χ0v) is 14.5. The highest BCUT2D eigenvalue weighted by Gasteiger charge is 2.40. The summed E-state index contributed by atoms with van der Waals surface area (Å²) in [6.07, 6.45) is 3.48. The molecule has 1 aliphatic carbocycles. The molecule has 4 rings (SSSR count). The smallest absolute Gasteiger partial charge is 0.247 e. The average Bonchev–Trinajstić information content (AvgIpc) is 3.38. The average molecular weight is 352 g/mol. The van der Waals surface area contributed by atoms with Crippen molar-refractivity contribution in [3.63, 3.8) is 0 Å². The number of anilines is 1. The molecule has 2 amide bonds. The molecule has 2 fully saturated rings. The van der Waals surface area contributed by atoms with E-state index in [-0.39, 0.29) is 29.6 Å². The minimum atomic E-state index is -0.369. The number of carbonyl (C=O) groups excluding carboxylic acids is 2. The van der Waals surface area contributed by atoms with Gasteiger partial charge in [-0.3, -0.25) is 9.59 Å². The van der Waals surface area contributed by atoms with Crippen LogP contribution in [0.4, 0.5) is 10.1 Å². The Balaban J connectivity index is 1.43. The lowest BCUT2D eigenvalue weighted by Crippen LogP contribution is -2.43. The minimum Gasteiger partial charge on any atom is -0.330 e. The second-order valence-electron chi connectivity index (χ2n) is 7.04. The van der Waals surface area contributed by atoms with Gasteiger partial charge in [0, 0.05) is 18.2 Å². The van der Waals surface area contributed by atoms with Gasteiger partial charge in [0.05, 0.1) is 0 Å². The van der Waals surface area contributed by atoms with E-state index in [9.17, 15) is 14.0 Å². The number of benzene rings is 2. The van der Waals surface area contributed by atoms with E-state index in [1.54, 1.807) is 23.1 Å². The molecule has 1 aliphatic heterocycles. The van der Waals surface area contributed by atoms with E-state index in [0.717, 1.165) is 30.4 Å². The van der Waals surface area contributed by atoms with Crippen molar-refractivity contribution in [1.82, 2.24) is 4.90 Å².